The Morgan fingerprint density at radius 3 is 2.09 bits per heavy atom. The molecule has 122 valence electrons. The number of benzene rings is 1. The van der Waals surface area contributed by atoms with E-state index in [-0.39, 0.29) is 18.5 Å². The second kappa shape index (κ2) is 7.92. The molecule has 22 heavy (non-hydrogen) atoms. The van der Waals surface area contributed by atoms with Gasteiger partial charge in [-0.3, -0.25) is 4.79 Å². The molecule has 0 radical (unpaired) electrons. The van der Waals surface area contributed by atoms with Gasteiger partial charge in [-0.2, -0.15) is 0 Å². The summed E-state index contributed by atoms with van der Waals surface area (Å²) in [4.78, 5) is 12.1. The molecule has 1 aliphatic rings. The minimum Gasteiger partial charge on any atom is -0.493 e. The lowest BCUT2D eigenvalue weighted by atomic mass is 9.98. The van der Waals surface area contributed by atoms with Gasteiger partial charge in [-0.05, 0) is 43.4 Å². The number of rotatable bonds is 6. The average molecular weight is 308 g/mol. The molecule has 0 heterocycles. The van der Waals surface area contributed by atoms with Gasteiger partial charge < -0.3 is 18.9 Å². The van der Waals surface area contributed by atoms with Crippen LogP contribution >= 0.6 is 0 Å². The van der Waals surface area contributed by atoms with Crippen LogP contribution in [0.15, 0.2) is 12.1 Å². The second-order valence-electron chi connectivity index (χ2n) is 5.46. The van der Waals surface area contributed by atoms with E-state index in [4.69, 9.17) is 18.9 Å². The van der Waals surface area contributed by atoms with Crippen molar-refractivity contribution in [1.82, 2.24) is 0 Å². The molecule has 0 N–H and O–H groups in total. The van der Waals surface area contributed by atoms with Crippen molar-refractivity contribution in [2.75, 3.05) is 21.3 Å². The first-order valence-corrected chi connectivity index (χ1v) is 7.66. The summed E-state index contributed by atoms with van der Waals surface area (Å²) in [6.45, 7) is 0. The number of esters is 1. The van der Waals surface area contributed by atoms with Crippen molar-refractivity contribution < 1.29 is 23.7 Å². The van der Waals surface area contributed by atoms with Gasteiger partial charge in [0.1, 0.15) is 6.10 Å². The van der Waals surface area contributed by atoms with Crippen molar-refractivity contribution in [3.63, 3.8) is 0 Å². The predicted octanol–water partition coefficient (Wildman–Crippen LogP) is 3.13. The van der Waals surface area contributed by atoms with E-state index in [0.29, 0.717) is 17.2 Å². The van der Waals surface area contributed by atoms with Crippen LogP contribution in [0.4, 0.5) is 0 Å². The molecule has 0 aromatic heterocycles. The van der Waals surface area contributed by atoms with Crippen molar-refractivity contribution in [2.24, 2.45) is 0 Å². The van der Waals surface area contributed by atoms with Crippen LogP contribution in [0.3, 0.4) is 0 Å². The van der Waals surface area contributed by atoms with E-state index in [0.717, 1.165) is 31.2 Å². The molecule has 1 saturated carbocycles. The first-order chi connectivity index (χ1) is 10.7. The molecule has 0 atom stereocenters. The van der Waals surface area contributed by atoms with Gasteiger partial charge in [-0.25, -0.2) is 0 Å². The largest absolute Gasteiger partial charge is 0.493 e. The fourth-order valence-electron chi connectivity index (χ4n) is 2.81. The highest BCUT2D eigenvalue weighted by Gasteiger charge is 2.19. The lowest BCUT2D eigenvalue weighted by Crippen LogP contribution is -2.22. The smallest absolute Gasteiger partial charge is 0.310 e. The quantitative estimate of drug-likeness (QED) is 0.756. The third-order valence-corrected chi connectivity index (χ3v) is 3.92. The number of carbonyl (C=O) groups is 1. The number of hydrogen-bond acceptors (Lipinski definition) is 5. The summed E-state index contributed by atoms with van der Waals surface area (Å²) < 4.78 is 21.4. The van der Waals surface area contributed by atoms with Gasteiger partial charge in [0.15, 0.2) is 11.5 Å². The Morgan fingerprint density at radius 2 is 1.59 bits per heavy atom. The molecule has 0 aliphatic heterocycles. The second-order valence-corrected chi connectivity index (χ2v) is 5.46. The van der Waals surface area contributed by atoms with Crippen LogP contribution in [0, 0.1) is 0 Å². The molecule has 1 aromatic carbocycles. The average Bonchev–Trinajstić information content (AvgIpc) is 2.54. The zero-order valence-electron chi connectivity index (χ0n) is 13.5. The van der Waals surface area contributed by atoms with E-state index < -0.39 is 0 Å². The highest BCUT2D eigenvalue weighted by atomic mass is 16.5. The molecule has 1 aromatic rings. The molecular formula is C17H24O5. The molecule has 1 fully saturated rings. The minimum atomic E-state index is -0.207. The highest BCUT2D eigenvalue weighted by molar-refractivity contribution is 5.73. The van der Waals surface area contributed by atoms with Gasteiger partial charge in [0.2, 0.25) is 5.75 Å². The summed E-state index contributed by atoms with van der Waals surface area (Å²) in [7, 11) is 4.67. The van der Waals surface area contributed by atoms with Crippen LogP contribution in [-0.2, 0) is 16.0 Å². The number of hydrogen-bond donors (Lipinski definition) is 0. The zero-order valence-corrected chi connectivity index (χ0v) is 13.5. The lowest BCUT2D eigenvalue weighted by Gasteiger charge is -2.22. The van der Waals surface area contributed by atoms with Gasteiger partial charge in [0, 0.05) is 0 Å². The standard InChI is InChI=1S/C17H24O5/c1-19-14-9-12(10-15(20-2)17(14)21-3)11-16(18)22-13-7-5-4-6-8-13/h9-10,13H,4-8,11H2,1-3H3. The SMILES string of the molecule is COc1cc(CC(=O)OC2CCCCC2)cc(OC)c1OC. The van der Waals surface area contributed by atoms with Crippen LogP contribution in [0.1, 0.15) is 37.7 Å². The Labute approximate surface area is 131 Å². The van der Waals surface area contributed by atoms with Crippen LogP contribution in [0.5, 0.6) is 17.2 Å². The third-order valence-electron chi connectivity index (χ3n) is 3.92. The summed E-state index contributed by atoms with van der Waals surface area (Å²) in [6, 6.07) is 3.56. The first kappa shape index (κ1) is 16.5. The molecule has 5 nitrogen and oxygen atoms in total. The van der Waals surface area contributed by atoms with Crippen LogP contribution in [-0.4, -0.2) is 33.4 Å². The van der Waals surface area contributed by atoms with Crippen molar-refractivity contribution in [2.45, 2.75) is 44.6 Å². The van der Waals surface area contributed by atoms with Gasteiger partial charge in [0.25, 0.3) is 0 Å². The van der Waals surface area contributed by atoms with Crippen LogP contribution < -0.4 is 14.2 Å². The molecule has 2 rings (SSSR count). The fourth-order valence-corrected chi connectivity index (χ4v) is 2.81. The van der Waals surface area contributed by atoms with Gasteiger partial charge in [-0.15, -0.1) is 0 Å². The number of ether oxygens (including phenoxy) is 4. The highest BCUT2D eigenvalue weighted by Crippen LogP contribution is 2.38. The molecule has 0 bridgehead atoms. The number of carbonyl (C=O) groups excluding carboxylic acids is 1. The topological polar surface area (TPSA) is 54.0 Å². The molecular weight excluding hydrogens is 284 g/mol. The normalized spacial score (nSPS) is 15.2. The maximum absolute atomic E-state index is 12.1. The molecule has 0 unspecified atom stereocenters. The molecule has 0 saturated heterocycles. The summed E-state index contributed by atoms with van der Waals surface area (Å²) in [5.41, 5.74) is 0.787. The summed E-state index contributed by atoms with van der Waals surface area (Å²) in [5.74, 6) is 1.40. The molecule has 0 spiro atoms. The summed E-state index contributed by atoms with van der Waals surface area (Å²) in [6.07, 6.45) is 5.74. The monoisotopic (exact) mass is 308 g/mol. The predicted molar refractivity (Wildman–Crippen MR) is 82.8 cm³/mol. The van der Waals surface area contributed by atoms with E-state index in [1.54, 1.807) is 33.5 Å². The Bertz CT molecular complexity index is 481. The number of methoxy groups -OCH3 is 3. The summed E-state index contributed by atoms with van der Waals surface area (Å²) >= 11 is 0. The maximum Gasteiger partial charge on any atom is 0.310 e. The first-order valence-electron chi connectivity index (χ1n) is 7.66. The van der Waals surface area contributed by atoms with Crippen molar-refractivity contribution >= 4 is 5.97 Å². The van der Waals surface area contributed by atoms with Crippen LogP contribution in [0.2, 0.25) is 0 Å². The Morgan fingerprint density at radius 1 is 1.00 bits per heavy atom. The van der Waals surface area contributed by atoms with E-state index in [1.165, 1.54) is 6.42 Å². The van der Waals surface area contributed by atoms with E-state index >= 15 is 0 Å². The van der Waals surface area contributed by atoms with E-state index in [1.807, 2.05) is 0 Å². The lowest BCUT2D eigenvalue weighted by molar-refractivity contribution is -0.149. The van der Waals surface area contributed by atoms with Crippen molar-refractivity contribution in [3.05, 3.63) is 17.7 Å². The molecule has 1 aliphatic carbocycles. The van der Waals surface area contributed by atoms with Crippen LogP contribution in [0.25, 0.3) is 0 Å². The Hall–Kier alpha value is -1.91. The van der Waals surface area contributed by atoms with E-state index in [9.17, 15) is 4.79 Å². The van der Waals surface area contributed by atoms with Gasteiger partial charge >= 0.3 is 5.97 Å². The van der Waals surface area contributed by atoms with Gasteiger partial charge in [-0.1, -0.05) is 6.42 Å². The zero-order chi connectivity index (χ0) is 15.9. The minimum absolute atomic E-state index is 0.0725. The Kier molecular flexibility index (Phi) is 5.92. The maximum atomic E-state index is 12.1. The fraction of sp³-hybridized carbons (Fsp3) is 0.588. The van der Waals surface area contributed by atoms with Gasteiger partial charge in [0.05, 0.1) is 27.8 Å². The summed E-state index contributed by atoms with van der Waals surface area (Å²) in [5, 5.41) is 0. The Balaban J connectivity index is 2.06. The third kappa shape index (κ3) is 4.06. The van der Waals surface area contributed by atoms with Crippen molar-refractivity contribution in [3.8, 4) is 17.2 Å². The van der Waals surface area contributed by atoms with Crippen molar-refractivity contribution in [1.29, 1.82) is 0 Å². The molecule has 5 heteroatoms. The van der Waals surface area contributed by atoms with E-state index in [2.05, 4.69) is 0 Å². The molecule has 0 amide bonds.